The monoisotopic (exact) mass is 281 g/mol. The highest BCUT2D eigenvalue weighted by Crippen LogP contribution is 2.29. The van der Waals surface area contributed by atoms with Gasteiger partial charge in [0.15, 0.2) is 11.3 Å². The number of fused-ring (bicyclic) bond motifs is 2. The zero-order valence-corrected chi connectivity index (χ0v) is 13.1. The predicted octanol–water partition coefficient (Wildman–Crippen LogP) is 3.15. The molecule has 108 valence electrons. The van der Waals surface area contributed by atoms with Gasteiger partial charge in [0.1, 0.15) is 11.2 Å². The number of hydrogen-bond donors (Lipinski definition) is 0. The van der Waals surface area contributed by atoms with E-state index in [1.807, 2.05) is 39.2 Å². The van der Waals surface area contributed by atoms with Crippen LogP contribution in [-0.2, 0) is 0 Å². The van der Waals surface area contributed by atoms with Crippen molar-refractivity contribution in [2.24, 2.45) is 4.99 Å². The first-order valence-corrected chi connectivity index (χ1v) is 6.95. The van der Waals surface area contributed by atoms with Crippen molar-refractivity contribution in [2.45, 2.75) is 13.8 Å². The molecule has 1 heterocycles. The van der Waals surface area contributed by atoms with E-state index in [0.717, 1.165) is 39.2 Å². The summed E-state index contributed by atoms with van der Waals surface area (Å²) in [5.74, 6) is 0.766. The summed E-state index contributed by atoms with van der Waals surface area (Å²) in [7, 11) is 5.84. The molecule has 1 aliphatic carbocycles. The van der Waals surface area contributed by atoms with E-state index < -0.39 is 0 Å². The summed E-state index contributed by atoms with van der Waals surface area (Å²) in [6.07, 6.45) is 0. The molecule has 0 saturated heterocycles. The van der Waals surface area contributed by atoms with E-state index in [2.05, 4.69) is 22.9 Å². The largest absolute Gasteiger partial charge is 0.453 e. The molecule has 1 aromatic rings. The molecule has 0 unspecified atom stereocenters. The average molecular weight is 281 g/mol. The third-order valence-electron chi connectivity index (χ3n) is 3.74. The van der Waals surface area contributed by atoms with Crippen molar-refractivity contribution in [1.29, 1.82) is 0 Å². The molecule has 2 aliphatic rings. The first kappa shape index (κ1) is 13.6. The van der Waals surface area contributed by atoms with E-state index in [9.17, 15) is 0 Å². The van der Waals surface area contributed by atoms with Gasteiger partial charge in [0.05, 0.1) is 5.36 Å². The number of anilines is 1. The van der Waals surface area contributed by atoms with Gasteiger partial charge in [0, 0.05) is 39.0 Å². The smallest absolute Gasteiger partial charge is 0.155 e. The maximum absolute atomic E-state index is 6.04. The molecule has 0 N–H and O–H groups in total. The lowest BCUT2D eigenvalue weighted by Gasteiger charge is -2.16. The van der Waals surface area contributed by atoms with Crippen molar-refractivity contribution in [2.75, 3.05) is 26.0 Å². The maximum atomic E-state index is 6.04. The first-order chi connectivity index (χ1) is 9.99. The number of hydrogen-bond acceptors (Lipinski definition) is 4. The molecule has 0 aromatic heterocycles. The van der Waals surface area contributed by atoms with E-state index in [1.165, 1.54) is 5.56 Å². The first-order valence-electron chi connectivity index (χ1n) is 6.95. The van der Waals surface area contributed by atoms with E-state index in [0.29, 0.717) is 0 Å². The Morgan fingerprint density at radius 3 is 2.48 bits per heavy atom. The van der Waals surface area contributed by atoms with E-state index >= 15 is 0 Å². The summed E-state index contributed by atoms with van der Waals surface area (Å²) in [5.41, 5.74) is 5.97. The van der Waals surface area contributed by atoms with Crippen LogP contribution in [0, 0.1) is 13.8 Å². The van der Waals surface area contributed by atoms with Gasteiger partial charge in [-0.1, -0.05) is 0 Å². The summed E-state index contributed by atoms with van der Waals surface area (Å²) in [4.78, 5) is 11.1. The lowest BCUT2D eigenvalue weighted by Crippen LogP contribution is -2.10. The minimum atomic E-state index is 0.766. The van der Waals surface area contributed by atoms with Crippen LogP contribution in [0.5, 0.6) is 0 Å². The minimum absolute atomic E-state index is 0.766. The molecule has 0 atom stereocenters. The van der Waals surface area contributed by atoms with Gasteiger partial charge in [-0.3, -0.25) is 4.99 Å². The zero-order valence-electron chi connectivity index (χ0n) is 13.1. The fourth-order valence-corrected chi connectivity index (χ4v) is 2.63. The molecule has 0 saturated carbocycles. The van der Waals surface area contributed by atoms with Gasteiger partial charge in [-0.15, -0.1) is 0 Å². The maximum Gasteiger partial charge on any atom is 0.155 e. The Bertz CT molecular complexity index is 862. The van der Waals surface area contributed by atoms with Crippen LogP contribution in [-0.4, -0.2) is 26.1 Å². The fraction of sp³-hybridized carbons (Fsp3) is 0.294. The lowest BCUT2D eigenvalue weighted by molar-refractivity contribution is 0.611. The van der Waals surface area contributed by atoms with E-state index in [1.54, 1.807) is 7.05 Å². The van der Waals surface area contributed by atoms with Crippen LogP contribution in [0.1, 0.15) is 11.1 Å². The van der Waals surface area contributed by atoms with Gasteiger partial charge in [-0.2, -0.15) is 0 Å². The van der Waals surface area contributed by atoms with Crippen molar-refractivity contribution >= 4 is 16.8 Å². The highest BCUT2D eigenvalue weighted by molar-refractivity contribution is 5.82. The van der Waals surface area contributed by atoms with Crippen LogP contribution in [0.15, 0.2) is 33.7 Å². The number of aromatic nitrogens is 1. The summed E-state index contributed by atoms with van der Waals surface area (Å²) >= 11 is 0. The summed E-state index contributed by atoms with van der Waals surface area (Å²) in [6, 6.07) is 8.09. The molecule has 4 heteroatoms. The minimum Gasteiger partial charge on any atom is -0.453 e. The quantitative estimate of drug-likeness (QED) is 0.643. The number of benzene rings is 2. The SMILES string of the molecule is C/N=c1/cc2oc3cc(N(C)C)c(C)cc3nc-2cc1C. The van der Waals surface area contributed by atoms with Crippen LogP contribution in [0.4, 0.5) is 5.69 Å². The Hall–Kier alpha value is -2.36. The standard InChI is InChI=1S/C17H19N3O/c1-10-6-13-16(8-12(10)18-3)21-17-9-15(20(4)5)11(2)7-14(17)19-13/h6-9H,1-5H3/b18-12-. The fourth-order valence-electron chi connectivity index (χ4n) is 2.63. The summed E-state index contributed by atoms with van der Waals surface area (Å²) in [6.45, 7) is 4.12. The van der Waals surface area contributed by atoms with Gasteiger partial charge in [-0.05, 0) is 37.1 Å². The molecule has 0 bridgehead atoms. The Morgan fingerprint density at radius 1 is 1.05 bits per heavy atom. The van der Waals surface area contributed by atoms with E-state index in [4.69, 9.17) is 9.40 Å². The van der Waals surface area contributed by atoms with E-state index in [-0.39, 0.29) is 0 Å². The molecule has 0 spiro atoms. The molecule has 4 nitrogen and oxygen atoms in total. The predicted molar refractivity (Wildman–Crippen MR) is 85.9 cm³/mol. The second-order valence-corrected chi connectivity index (χ2v) is 5.54. The van der Waals surface area contributed by atoms with Crippen LogP contribution < -0.4 is 10.3 Å². The Kier molecular flexibility index (Phi) is 3.16. The summed E-state index contributed by atoms with van der Waals surface area (Å²) in [5, 5.41) is 0.937. The van der Waals surface area contributed by atoms with Crippen LogP contribution in [0.3, 0.4) is 0 Å². The highest BCUT2D eigenvalue weighted by Gasteiger charge is 2.12. The number of rotatable bonds is 1. The molecule has 0 fully saturated rings. The van der Waals surface area contributed by atoms with Crippen LogP contribution in [0.25, 0.3) is 22.6 Å². The van der Waals surface area contributed by atoms with Crippen LogP contribution >= 0.6 is 0 Å². The average Bonchev–Trinajstić information content (AvgIpc) is 2.43. The third-order valence-corrected chi connectivity index (χ3v) is 3.74. The molecule has 21 heavy (non-hydrogen) atoms. The van der Waals surface area contributed by atoms with Gasteiger partial charge < -0.3 is 9.32 Å². The Morgan fingerprint density at radius 2 is 1.81 bits per heavy atom. The second-order valence-electron chi connectivity index (χ2n) is 5.54. The van der Waals surface area contributed by atoms with Crippen LogP contribution in [0.2, 0.25) is 0 Å². The van der Waals surface area contributed by atoms with Crippen molar-refractivity contribution in [1.82, 2.24) is 4.98 Å². The molecule has 0 amide bonds. The normalized spacial score (nSPS) is 12.3. The van der Waals surface area contributed by atoms with Crippen molar-refractivity contribution in [3.05, 3.63) is 40.7 Å². The number of aryl methyl sites for hydroxylation is 2. The zero-order chi connectivity index (χ0) is 15.1. The molecule has 1 aromatic carbocycles. The van der Waals surface area contributed by atoms with Gasteiger partial charge in [0.25, 0.3) is 0 Å². The molecule has 0 radical (unpaired) electrons. The van der Waals surface area contributed by atoms with Crippen molar-refractivity contribution in [3.8, 4) is 11.5 Å². The van der Waals surface area contributed by atoms with Crippen molar-refractivity contribution in [3.63, 3.8) is 0 Å². The molecular weight excluding hydrogens is 262 g/mol. The Balaban J connectivity index is 2.37. The van der Waals surface area contributed by atoms with Crippen molar-refractivity contribution < 1.29 is 4.42 Å². The second kappa shape index (κ2) is 4.88. The van der Waals surface area contributed by atoms with Gasteiger partial charge in [-0.25, -0.2) is 4.98 Å². The van der Waals surface area contributed by atoms with Gasteiger partial charge >= 0.3 is 0 Å². The third kappa shape index (κ3) is 2.27. The molecule has 3 rings (SSSR count). The Labute approximate surface area is 124 Å². The van der Waals surface area contributed by atoms with Gasteiger partial charge in [0.2, 0.25) is 0 Å². The highest BCUT2D eigenvalue weighted by atomic mass is 16.3. The molecular formula is C17H19N3O. The topological polar surface area (TPSA) is 41.6 Å². The summed E-state index contributed by atoms with van der Waals surface area (Å²) < 4.78 is 6.04. The lowest BCUT2D eigenvalue weighted by atomic mass is 10.1. The molecule has 1 aliphatic heterocycles. The number of nitrogens with zero attached hydrogens (tertiary/aromatic N) is 3.